The van der Waals surface area contributed by atoms with Crippen LogP contribution in [0, 0.1) is 10.1 Å². The highest BCUT2D eigenvalue weighted by atomic mass is 16.6. The Hall–Kier alpha value is -1.50. The van der Waals surface area contributed by atoms with Crippen molar-refractivity contribution in [1.82, 2.24) is 10.2 Å². The van der Waals surface area contributed by atoms with E-state index in [1.54, 1.807) is 12.1 Å². The second-order valence-corrected chi connectivity index (χ2v) is 5.54. The summed E-state index contributed by atoms with van der Waals surface area (Å²) in [5, 5.41) is 14.0. The predicted octanol–water partition coefficient (Wildman–Crippen LogP) is 0.760. The number of benzene rings is 1. The molecule has 6 heteroatoms. The minimum absolute atomic E-state index is 0.0990. The zero-order valence-corrected chi connectivity index (χ0v) is 11.8. The predicted molar refractivity (Wildman–Crippen MR) is 78.7 cm³/mol. The number of nitrogens with two attached hydrogens (primary N) is 1. The molecule has 2 rings (SSSR count). The van der Waals surface area contributed by atoms with E-state index in [2.05, 4.69) is 17.1 Å². The first-order valence-corrected chi connectivity index (χ1v) is 6.94. The molecule has 1 saturated heterocycles. The maximum Gasteiger partial charge on any atom is 0.269 e. The number of hydrogen-bond acceptors (Lipinski definition) is 5. The van der Waals surface area contributed by atoms with Crippen LogP contribution in [0.5, 0.6) is 0 Å². The lowest BCUT2D eigenvalue weighted by atomic mass is 9.90. The third-order valence-electron chi connectivity index (χ3n) is 4.05. The third kappa shape index (κ3) is 3.33. The molecule has 3 N–H and O–H groups in total. The van der Waals surface area contributed by atoms with Crippen LogP contribution in [0.15, 0.2) is 24.3 Å². The van der Waals surface area contributed by atoms with E-state index >= 15 is 0 Å². The van der Waals surface area contributed by atoms with Crippen molar-refractivity contribution in [3.8, 4) is 0 Å². The molecule has 1 aliphatic rings. The molecule has 0 aliphatic carbocycles. The number of non-ortho nitro benzene ring substituents is 1. The molecular weight excluding hydrogens is 256 g/mol. The molecule has 0 bridgehead atoms. The first kappa shape index (κ1) is 14.9. The van der Waals surface area contributed by atoms with E-state index in [9.17, 15) is 10.1 Å². The molecular formula is C14H22N4O2. The van der Waals surface area contributed by atoms with Crippen molar-refractivity contribution in [3.63, 3.8) is 0 Å². The minimum Gasteiger partial charge on any atom is -0.329 e. The third-order valence-corrected chi connectivity index (χ3v) is 4.05. The highest BCUT2D eigenvalue weighted by molar-refractivity contribution is 5.33. The Bertz CT molecular complexity index is 457. The van der Waals surface area contributed by atoms with Crippen molar-refractivity contribution in [3.05, 3.63) is 39.9 Å². The molecule has 20 heavy (non-hydrogen) atoms. The van der Waals surface area contributed by atoms with Crippen LogP contribution in [0.3, 0.4) is 0 Å². The lowest BCUT2D eigenvalue weighted by Crippen LogP contribution is -2.59. The van der Waals surface area contributed by atoms with Crippen LogP contribution in [0.1, 0.15) is 12.5 Å². The van der Waals surface area contributed by atoms with Crippen molar-refractivity contribution in [2.75, 3.05) is 32.7 Å². The molecule has 1 aliphatic heterocycles. The summed E-state index contributed by atoms with van der Waals surface area (Å²) in [6.45, 7) is 6.68. The molecule has 0 amide bonds. The molecule has 0 spiro atoms. The van der Waals surface area contributed by atoms with Gasteiger partial charge in [-0.25, -0.2) is 0 Å². The zero-order chi connectivity index (χ0) is 14.6. The maximum absolute atomic E-state index is 10.7. The van der Waals surface area contributed by atoms with Crippen molar-refractivity contribution in [2.24, 2.45) is 5.73 Å². The van der Waals surface area contributed by atoms with Gasteiger partial charge in [0.15, 0.2) is 0 Å². The number of nitro groups is 1. The Morgan fingerprint density at radius 3 is 2.45 bits per heavy atom. The highest BCUT2D eigenvalue weighted by Gasteiger charge is 2.31. The minimum atomic E-state index is -0.373. The van der Waals surface area contributed by atoms with Gasteiger partial charge in [-0.05, 0) is 18.9 Å². The summed E-state index contributed by atoms with van der Waals surface area (Å²) in [4.78, 5) is 12.7. The van der Waals surface area contributed by atoms with E-state index in [0.29, 0.717) is 6.54 Å². The summed E-state index contributed by atoms with van der Waals surface area (Å²) in [7, 11) is 0. The fourth-order valence-electron chi connectivity index (χ4n) is 2.69. The fourth-order valence-corrected chi connectivity index (χ4v) is 2.69. The topological polar surface area (TPSA) is 84.4 Å². The van der Waals surface area contributed by atoms with Crippen molar-refractivity contribution < 1.29 is 4.92 Å². The molecule has 1 atom stereocenters. The second kappa shape index (κ2) is 6.30. The smallest absolute Gasteiger partial charge is 0.269 e. The Morgan fingerprint density at radius 1 is 1.35 bits per heavy atom. The van der Waals surface area contributed by atoms with Crippen molar-refractivity contribution in [1.29, 1.82) is 0 Å². The van der Waals surface area contributed by atoms with Gasteiger partial charge in [-0.2, -0.15) is 0 Å². The van der Waals surface area contributed by atoms with E-state index < -0.39 is 0 Å². The van der Waals surface area contributed by atoms with E-state index in [1.165, 1.54) is 0 Å². The van der Waals surface area contributed by atoms with Crippen LogP contribution in [-0.2, 0) is 6.42 Å². The Morgan fingerprint density at radius 2 is 1.95 bits per heavy atom. The average molecular weight is 278 g/mol. The SMILES string of the molecule is CC(CN)(Cc1ccc([N+](=O)[O-])cc1)N1CCNCC1. The Kier molecular flexibility index (Phi) is 4.69. The lowest BCUT2D eigenvalue weighted by Gasteiger charge is -2.43. The molecule has 1 heterocycles. The van der Waals surface area contributed by atoms with Crippen LogP contribution in [0.25, 0.3) is 0 Å². The normalized spacial score (nSPS) is 19.5. The number of nitrogens with zero attached hydrogens (tertiary/aromatic N) is 2. The largest absolute Gasteiger partial charge is 0.329 e. The van der Waals surface area contributed by atoms with Gasteiger partial charge in [0.1, 0.15) is 0 Å². The van der Waals surface area contributed by atoms with Gasteiger partial charge < -0.3 is 11.1 Å². The van der Waals surface area contributed by atoms with Gasteiger partial charge in [-0.15, -0.1) is 0 Å². The molecule has 110 valence electrons. The quantitative estimate of drug-likeness (QED) is 0.613. The molecule has 1 unspecified atom stereocenters. The zero-order valence-electron chi connectivity index (χ0n) is 11.8. The van der Waals surface area contributed by atoms with Crippen LogP contribution >= 0.6 is 0 Å². The molecule has 1 aromatic carbocycles. The molecule has 0 aromatic heterocycles. The maximum atomic E-state index is 10.7. The number of piperazine rings is 1. The number of nitro benzene ring substituents is 1. The van der Waals surface area contributed by atoms with Crippen LogP contribution in [-0.4, -0.2) is 48.1 Å². The van der Waals surface area contributed by atoms with Crippen LogP contribution in [0.2, 0.25) is 0 Å². The number of nitrogens with one attached hydrogen (secondary N) is 1. The standard InChI is InChI=1S/C14H22N4O2/c1-14(11-15,17-8-6-16-7-9-17)10-12-2-4-13(5-3-12)18(19)20/h2-5,16H,6-11,15H2,1H3. The highest BCUT2D eigenvalue weighted by Crippen LogP contribution is 2.22. The van der Waals surface area contributed by atoms with Gasteiger partial charge in [0.25, 0.3) is 5.69 Å². The first-order valence-electron chi connectivity index (χ1n) is 6.94. The van der Waals surface area contributed by atoms with Gasteiger partial charge in [0.05, 0.1) is 4.92 Å². The summed E-state index contributed by atoms with van der Waals surface area (Å²) in [6, 6.07) is 6.77. The summed E-state index contributed by atoms with van der Waals surface area (Å²) < 4.78 is 0. The Labute approximate surface area is 119 Å². The molecule has 0 saturated carbocycles. The van der Waals surface area contributed by atoms with E-state index in [1.807, 2.05) is 12.1 Å². The van der Waals surface area contributed by atoms with Gasteiger partial charge in [0, 0.05) is 50.4 Å². The van der Waals surface area contributed by atoms with E-state index in [-0.39, 0.29) is 16.1 Å². The van der Waals surface area contributed by atoms with Gasteiger partial charge in [-0.1, -0.05) is 12.1 Å². The summed E-state index contributed by atoms with van der Waals surface area (Å²) >= 11 is 0. The summed E-state index contributed by atoms with van der Waals surface area (Å²) in [5.41, 5.74) is 7.11. The summed E-state index contributed by atoms with van der Waals surface area (Å²) in [5.74, 6) is 0. The molecule has 0 radical (unpaired) electrons. The first-order chi connectivity index (χ1) is 9.55. The van der Waals surface area contributed by atoms with Crippen LogP contribution in [0.4, 0.5) is 5.69 Å². The number of hydrogen-bond donors (Lipinski definition) is 2. The lowest BCUT2D eigenvalue weighted by molar-refractivity contribution is -0.384. The monoisotopic (exact) mass is 278 g/mol. The second-order valence-electron chi connectivity index (χ2n) is 5.54. The van der Waals surface area contributed by atoms with Gasteiger partial charge in [-0.3, -0.25) is 15.0 Å². The van der Waals surface area contributed by atoms with Crippen molar-refractivity contribution >= 4 is 5.69 Å². The van der Waals surface area contributed by atoms with E-state index in [0.717, 1.165) is 38.2 Å². The number of rotatable bonds is 5. The van der Waals surface area contributed by atoms with Crippen molar-refractivity contribution in [2.45, 2.75) is 18.9 Å². The molecule has 6 nitrogen and oxygen atoms in total. The molecule has 1 aromatic rings. The van der Waals surface area contributed by atoms with Gasteiger partial charge >= 0.3 is 0 Å². The summed E-state index contributed by atoms with van der Waals surface area (Å²) in [6.07, 6.45) is 0.807. The Balaban J connectivity index is 2.10. The van der Waals surface area contributed by atoms with Crippen LogP contribution < -0.4 is 11.1 Å². The van der Waals surface area contributed by atoms with Gasteiger partial charge in [0.2, 0.25) is 0 Å². The van der Waals surface area contributed by atoms with E-state index in [4.69, 9.17) is 5.73 Å². The average Bonchev–Trinajstić information content (AvgIpc) is 2.48. The fraction of sp³-hybridized carbons (Fsp3) is 0.571. The molecule has 1 fully saturated rings.